The molecule has 2 aromatic heterocycles. The van der Waals surface area contributed by atoms with E-state index in [4.69, 9.17) is 0 Å². The van der Waals surface area contributed by atoms with E-state index in [0.717, 1.165) is 56.1 Å². The molecule has 0 unspecified atom stereocenters. The second kappa shape index (κ2) is 6.27. The first-order valence-electron chi connectivity index (χ1n) is 7.47. The van der Waals surface area contributed by atoms with Crippen LogP contribution in [0.4, 0.5) is 11.8 Å². The molecule has 22 heavy (non-hydrogen) atoms. The van der Waals surface area contributed by atoms with E-state index in [1.807, 2.05) is 38.2 Å². The number of nitrogens with zero attached hydrogens (tertiary/aromatic N) is 7. The zero-order chi connectivity index (χ0) is 15.5. The lowest BCUT2D eigenvalue weighted by Gasteiger charge is -2.34. The summed E-state index contributed by atoms with van der Waals surface area (Å²) in [6.07, 6.45) is 1.82. The van der Waals surface area contributed by atoms with E-state index in [9.17, 15) is 0 Å². The molecule has 0 bridgehead atoms. The van der Waals surface area contributed by atoms with Crippen molar-refractivity contribution in [3.8, 4) is 0 Å². The molecular weight excluding hydrogens is 280 g/mol. The van der Waals surface area contributed by atoms with Crippen LogP contribution in [0, 0.1) is 6.92 Å². The van der Waals surface area contributed by atoms with Crippen LogP contribution >= 0.6 is 0 Å². The quantitative estimate of drug-likeness (QED) is 0.870. The van der Waals surface area contributed by atoms with Gasteiger partial charge in [0, 0.05) is 46.5 Å². The summed E-state index contributed by atoms with van der Waals surface area (Å²) in [6, 6.07) is 1.97. The minimum atomic E-state index is 0.746. The largest absolute Gasteiger partial charge is 0.354 e. The molecule has 8 nitrogen and oxygen atoms in total. The zero-order valence-corrected chi connectivity index (χ0v) is 13.3. The minimum Gasteiger partial charge on any atom is -0.354 e. The number of piperazine rings is 1. The Balaban J connectivity index is 1.58. The number of aromatic nitrogens is 5. The predicted octanol–water partition coefficient (Wildman–Crippen LogP) is 0.291. The summed E-state index contributed by atoms with van der Waals surface area (Å²) in [4.78, 5) is 19.8. The normalized spacial score (nSPS) is 16.0. The van der Waals surface area contributed by atoms with E-state index in [1.165, 1.54) is 0 Å². The maximum Gasteiger partial charge on any atom is 0.226 e. The number of hydrogen-bond donors (Lipinski definition) is 1. The second-order valence-electron chi connectivity index (χ2n) is 5.71. The average molecular weight is 302 g/mol. The van der Waals surface area contributed by atoms with E-state index in [2.05, 4.69) is 34.9 Å². The molecule has 3 heterocycles. The number of H-pyrrole nitrogens is 1. The van der Waals surface area contributed by atoms with E-state index in [0.29, 0.717) is 0 Å². The first-order chi connectivity index (χ1) is 10.6. The number of aryl methyl sites for hydroxylation is 1. The van der Waals surface area contributed by atoms with Crippen molar-refractivity contribution >= 4 is 11.8 Å². The first kappa shape index (κ1) is 14.7. The SMILES string of the molecule is Cc1nc(CN2CCN(c3ccnc(N(C)C)n3)CC2)n[nH]1. The van der Waals surface area contributed by atoms with Crippen LogP contribution in [0.2, 0.25) is 0 Å². The van der Waals surface area contributed by atoms with Crippen LogP contribution in [0.15, 0.2) is 12.3 Å². The lowest BCUT2D eigenvalue weighted by molar-refractivity contribution is 0.243. The number of nitrogens with one attached hydrogen (secondary N) is 1. The van der Waals surface area contributed by atoms with Gasteiger partial charge in [0.1, 0.15) is 11.6 Å². The Morgan fingerprint density at radius 1 is 1.18 bits per heavy atom. The molecule has 0 aromatic carbocycles. The smallest absolute Gasteiger partial charge is 0.226 e. The van der Waals surface area contributed by atoms with Gasteiger partial charge in [-0.1, -0.05) is 0 Å². The maximum absolute atomic E-state index is 4.60. The molecule has 0 saturated carbocycles. The number of aromatic amines is 1. The molecule has 2 aromatic rings. The van der Waals surface area contributed by atoms with E-state index < -0.39 is 0 Å². The molecule has 1 saturated heterocycles. The van der Waals surface area contributed by atoms with Crippen LogP contribution in [0.5, 0.6) is 0 Å². The van der Waals surface area contributed by atoms with Crippen LogP contribution < -0.4 is 9.80 Å². The summed E-state index contributed by atoms with van der Waals surface area (Å²) in [5.74, 6) is 3.47. The highest BCUT2D eigenvalue weighted by atomic mass is 15.3. The van der Waals surface area contributed by atoms with Crippen LogP contribution in [-0.2, 0) is 6.54 Å². The summed E-state index contributed by atoms with van der Waals surface area (Å²) < 4.78 is 0. The van der Waals surface area contributed by atoms with Crippen molar-refractivity contribution in [2.75, 3.05) is 50.1 Å². The fourth-order valence-corrected chi connectivity index (χ4v) is 2.53. The van der Waals surface area contributed by atoms with Crippen molar-refractivity contribution < 1.29 is 0 Å². The molecule has 8 heteroatoms. The maximum atomic E-state index is 4.60. The molecule has 1 aliphatic heterocycles. The van der Waals surface area contributed by atoms with Crippen LogP contribution in [0.1, 0.15) is 11.6 Å². The third-order valence-corrected chi connectivity index (χ3v) is 3.73. The zero-order valence-electron chi connectivity index (χ0n) is 13.3. The topological polar surface area (TPSA) is 77.1 Å². The van der Waals surface area contributed by atoms with Gasteiger partial charge in [0.2, 0.25) is 5.95 Å². The number of anilines is 2. The molecule has 0 radical (unpaired) electrons. The van der Waals surface area contributed by atoms with Crippen LogP contribution in [0.25, 0.3) is 0 Å². The first-order valence-corrected chi connectivity index (χ1v) is 7.47. The molecule has 0 atom stereocenters. The summed E-state index contributed by atoms with van der Waals surface area (Å²) in [5, 5.41) is 7.09. The van der Waals surface area contributed by atoms with Crippen molar-refractivity contribution in [1.82, 2.24) is 30.0 Å². The van der Waals surface area contributed by atoms with Crippen molar-refractivity contribution in [3.05, 3.63) is 23.9 Å². The third kappa shape index (κ3) is 3.33. The highest BCUT2D eigenvalue weighted by Gasteiger charge is 2.19. The summed E-state index contributed by atoms with van der Waals surface area (Å²) in [5.41, 5.74) is 0. The second-order valence-corrected chi connectivity index (χ2v) is 5.71. The van der Waals surface area contributed by atoms with E-state index >= 15 is 0 Å². The predicted molar refractivity (Wildman–Crippen MR) is 85.0 cm³/mol. The highest BCUT2D eigenvalue weighted by molar-refractivity contribution is 5.43. The minimum absolute atomic E-state index is 0.746. The van der Waals surface area contributed by atoms with Gasteiger partial charge in [0.25, 0.3) is 0 Å². The van der Waals surface area contributed by atoms with Crippen LogP contribution in [0.3, 0.4) is 0 Å². The van der Waals surface area contributed by atoms with Gasteiger partial charge in [-0.3, -0.25) is 10.00 Å². The van der Waals surface area contributed by atoms with Crippen molar-refractivity contribution in [2.45, 2.75) is 13.5 Å². The van der Waals surface area contributed by atoms with Gasteiger partial charge in [-0.25, -0.2) is 9.97 Å². The highest BCUT2D eigenvalue weighted by Crippen LogP contribution is 2.16. The third-order valence-electron chi connectivity index (χ3n) is 3.73. The Kier molecular flexibility index (Phi) is 4.19. The van der Waals surface area contributed by atoms with Gasteiger partial charge in [-0.2, -0.15) is 10.1 Å². The molecule has 1 fully saturated rings. The lowest BCUT2D eigenvalue weighted by Crippen LogP contribution is -2.46. The van der Waals surface area contributed by atoms with Gasteiger partial charge in [-0.05, 0) is 13.0 Å². The Morgan fingerprint density at radius 2 is 1.95 bits per heavy atom. The monoisotopic (exact) mass is 302 g/mol. The molecule has 1 N–H and O–H groups in total. The van der Waals surface area contributed by atoms with Crippen LogP contribution in [-0.4, -0.2) is 70.3 Å². The molecule has 3 rings (SSSR count). The standard InChI is InChI=1S/C14H22N8/c1-11-16-12(19-18-11)10-21-6-8-22(9-7-21)13-4-5-15-14(17-13)20(2)3/h4-5H,6-10H2,1-3H3,(H,16,18,19). The molecule has 0 spiro atoms. The van der Waals surface area contributed by atoms with Gasteiger partial charge in [0.15, 0.2) is 5.82 Å². The Labute approximate surface area is 130 Å². The summed E-state index contributed by atoms with van der Waals surface area (Å²) >= 11 is 0. The number of hydrogen-bond acceptors (Lipinski definition) is 7. The van der Waals surface area contributed by atoms with Gasteiger partial charge in [0.05, 0.1) is 6.54 Å². The lowest BCUT2D eigenvalue weighted by atomic mass is 10.3. The van der Waals surface area contributed by atoms with Gasteiger partial charge in [-0.15, -0.1) is 0 Å². The fraction of sp³-hybridized carbons (Fsp3) is 0.571. The molecule has 1 aliphatic rings. The molecule has 0 amide bonds. The number of rotatable bonds is 4. The van der Waals surface area contributed by atoms with Crippen molar-refractivity contribution in [1.29, 1.82) is 0 Å². The van der Waals surface area contributed by atoms with E-state index in [1.54, 1.807) is 0 Å². The molecular formula is C14H22N8. The van der Waals surface area contributed by atoms with Crippen molar-refractivity contribution in [2.24, 2.45) is 0 Å². The summed E-state index contributed by atoms with van der Waals surface area (Å²) in [6.45, 7) is 6.58. The summed E-state index contributed by atoms with van der Waals surface area (Å²) in [7, 11) is 3.91. The fourth-order valence-electron chi connectivity index (χ4n) is 2.53. The Hall–Kier alpha value is -2.22. The molecule has 0 aliphatic carbocycles. The Morgan fingerprint density at radius 3 is 2.59 bits per heavy atom. The average Bonchev–Trinajstić information content (AvgIpc) is 2.93. The Bertz CT molecular complexity index is 615. The van der Waals surface area contributed by atoms with Gasteiger partial charge < -0.3 is 9.80 Å². The van der Waals surface area contributed by atoms with Gasteiger partial charge >= 0.3 is 0 Å². The van der Waals surface area contributed by atoms with E-state index in [-0.39, 0.29) is 0 Å². The van der Waals surface area contributed by atoms with Crippen molar-refractivity contribution in [3.63, 3.8) is 0 Å². The molecule has 118 valence electrons.